The fourth-order valence-electron chi connectivity index (χ4n) is 1.84. The minimum Gasteiger partial charge on any atom is -0.479 e. The number of carbonyl (C=O) groups is 1. The number of hydrogen-bond acceptors (Lipinski definition) is 5. The molecule has 0 amide bonds. The molecule has 0 fully saturated rings. The molecular formula is C14H20N2O5. The number of nitrogens with zero attached hydrogens (tertiary/aromatic N) is 1. The molecule has 0 aliphatic carbocycles. The molecule has 0 aliphatic heterocycles. The first-order valence-corrected chi connectivity index (χ1v) is 6.87. The van der Waals surface area contributed by atoms with Gasteiger partial charge in [0.05, 0.1) is 4.92 Å². The predicted molar refractivity (Wildman–Crippen MR) is 77.4 cm³/mol. The lowest BCUT2D eigenvalue weighted by molar-refractivity contribution is -0.384. The Bertz CT molecular complexity index is 504. The highest BCUT2D eigenvalue weighted by molar-refractivity contribution is 5.72. The molecule has 7 nitrogen and oxygen atoms in total. The second-order valence-corrected chi connectivity index (χ2v) is 4.56. The summed E-state index contributed by atoms with van der Waals surface area (Å²) in [5, 5.41) is 23.0. The van der Waals surface area contributed by atoms with Crippen LogP contribution in [0.25, 0.3) is 0 Å². The maximum absolute atomic E-state index is 11.1. The third-order valence-electron chi connectivity index (χ3n) is 2.92. The lowest BCUT2D eigenvalue weighted by atomic mass is 10.1. The summed E-state index contributed by atoms with van der Waals surface area (Å²) >= 11 is 0. The van der Waals surface area contributed by atoms with Crippen molar-refractivity contribution in [3.63, 3.8) is 0 Å². The highest BCUT2D eigenvalue weighted by Crippen LogP contribution is 2.26. The molecule has 7 heteroatoms. The van der Waals surface area contributed by atoms with E-state index in [9.17, 15) is 14.9 Å². The van der Waals surface area contributed by atoms with Crippen molar-refractivity contribution in [1.82, 2.24) is 5.32 Å². The number of hydrogen-bond donors (Lipinski definition) is 2. The van der Waals surface area contributed by atoms with Crippen molar-refractivity contribution < 1.29 is 19.6 Å². The molecule has 21 heavy (non-hydrogen) atoms. The molecule has 116 valence electrons. The monoisotopic (exact) mass is 296 g/mol. The largest absolute Gasteiger partial charge is 0.479 e. The molecule has 0 bridgehead atoms. The van der Waals surface area contributed by atoms with E-state index in [-0.39, 0.29) is 5.69 Å². The molecule has 0 saturated heterocycles. The zero-order chi connectivity index (χ0) is 15.8. The number of nitrogens with one attached hydrogen (secondary N) is 1. The van der Waals surface area contributed by atoms with E-state index in [1.165, 1.54) is 18.2 Å². The topological polar surface area (TPSA) is 102 Å². The summed E-state index contributed by atoms with van der Waals surface area (Å²) in [6, 6.07) is 4.18. The van der Waals surface area contributed by atoms with Crippen molar-refractivity contribution in [3.05, 3.63) is 33.9 Å². The van der Waals surface area contributed by atoms with Crippen LogP contribution in [0.3, 0.4) is 0 Å². The average molecular weight is 296 g/mol. The second kappa shape index (κ2) is 8.21. The minimum atomic E-state index is -1.04. The summed E-state index contributed by atoms with van der Waals surface area (Å²) in [6.07, 6.45) is 0.108. The Labute approximate surface area is 123 Å². The second-order valence-electron chi connectivity index (χ2n) is 4.56. The summed E-state index contributed by atoms with van der Waals surface area (Å²) in [7, 11) is 0. The molecule has 1 atom stereocenters. The number of ether oxygens (including phenoxy) is 1. The van der Waals surface area contributed by atoms with Gasteiger partial charge in [-0.05, 0) is 19.0 Å². The molecule has 0 aromatic heterocycles. The third kappa shape index (κ3) is 5.03. The lowest BCUT2D eigenvalue weighted by Crippen LogP contribution is -2.27. The summed E-state index contributed by atoms with van der Waals surface area (Å²) in [5.74, 6) is -0.674. The molecule has 0 radical (unpaired) electrons. The molecular weight excluding hydrogens is 276 g/mol. The van der Waals surface area contributed by atoms with Crippen molar-refractivity contribution in [2.75, 3.05) is 6.54 Å². The van der Waals surface area contributed by atoms with Crippen LogP contribution >= 0.6 is 0 Å². The Morgan fingerprint density at radius 3 is 2.71 bits per heavy atom. The first-order valence-electron chi connectivity index (χ1n) is 6.87. The number of rotatable bonds is 9. The molecule has 1 aromatic carbocycles. The van der Waals surface area contributed by atoms with Gasteiger partial charge in [-0.15, -0.1) is 0 Å². The average Bonchev–Trinajstić information content (AvgIpc) is 2.45. The van der Waals surface area contributed by atoms with Crippen LogP contribution in [-0.4, -0.2) is 28.6 Å². The Morgan fingerprint density at radius 2 is 2.19 bits per heavy atom. The van der Waals surface area contributed by atoms with Gasteiger partial charge in [-0.1, -0.05) is 20.3 Å². The number of carboxylic acids is 1. The molecule has 0 aliphatic rings. The maximum Gasteiger partial charge on any atom is 0.344 e. The SMILES string of the molecule is CCCC(Oc1ccc([N+](=O)[O-])cc1CNCC)C(=O)O. The van der Waals surface area contributed by atoms with E-state index < -0.39 is 17.0 Å². The van der Waals surface area contributed by atoms with Crippen molar-refractivity contribution in [2.24, 2.45) is 0 Å². The summed E-state index contributed by atoms with van der Waals surface area (Å²) < 4.78 is 5.52. The molecule has 2 N–H and O–H groups in total. The van der Waals surface area contributed by atoms with Crippen molar-refractivity contribution in [2.45, 2.75) is 39.3 Å². The molecule has 1 unspecified atom stereocenters. The first-order chi connectivity index (χ1) is 9.99. The summed E-state index contributed by atoms with van der Waals surface area (Å²) in [4.78, 5) is 21.5. The normalized spacial score (nSPS) is 11.9. The fourth-order valence-corrected chi connectivity index (χ4v) is 1.84. The van der Waals surface area contributed by atoms with Crippen molar-refractivity contribution >= 4 is 11.7 Å². The Balaban J connectivity index is 3.02. The predicted octanol–water partition coefficient (Wildman–Crippen LogP) is 2.34. The van der Waals surface area contributed by atoms with Crippen LogP contribution in [-0.2, 0) is 11.3 Å². The Morgan fingerprint density at radius 1 is 1.48 bits per heavy atom. The minimum absolute atomic E-state index is 0.0439. The Kier molecular flexibility index (Phi) is 6.61. The molecule has 0 heterocycles. The lowest BCUT2D eigenvalue weighted by Gasteiger charge is -2.17. The smallest absolute Gasteiger partial charge is 0.344 e. The molecule has 0 spiro atoms. The van der Waals surface area contributed by atoms with Gasteiger partial charge < -0.3 is 15.2 Å². The van der Waals surface area contributed by atoms with Gasteiger partial charge in [0.1, 0.15) is 5.75 Å². The third-order valence-corrected chi connectivity index (χ3v) is 2.92. The van der Waals surface area contributed by atoms with E-state index in [1.54, 1.807) is 0 Å². The quantitative estimate of drug-likeness (QED) is 0.535. The van der Waals surface area contributed by atoms with E-state index in [0.717, 1.165) is 0 Å². The van der Waals surface area contributed by atoms with Gasteiger partial charge in [0.2, 0.25) is 0 Å². The van der Waals surface area contributed by atoms with Gasteiger partial charge >= 0.3 is 5.97 Å². The number of benzene rings is 1. The standard InChI is InChI=1S/C14H20N2O5/c1-3-5-13(14(17)18)21-12-7-6-11(16(19)20)8-10(12)9-15-4-2/h6-8,13,15H,3-5,9H2,1-2H3,(H,17,18). The highest BCUT2D eigenvalue weighted by Gasteiger charge is 2.20. The maximum atomic E-state index is 11.1. The van der Waals surface area contributed by atoms with E-state index in [0.29, 0.717) is 37.2 Å². The zero-order valence-corrected chi connectivity index (χ0v) is 12.2. The van der Waals surface area contributed by atoms with E-state index in [4.69, 9.17) is 9.84 Å². The Hall–Kier alpha value is -2.15. The van der Waals surface area contributed by atoms with Gasteiger partial charge in [0.15, 0.2) is 6.10 Å². The number of nitro groups is 1. The van der Waals surface area contributed by atoms with Crippen LogP contribution in [0.1, 0.15) is 32.3 Å². The fraction of sp³-hybridized carbons (Fsp3) is 0.500. The van der Waals surface area contributed by atoms with Crippen LogP contribution < -0.4 is 10.1 Å². The molecule has 0 saturated carbocycles. The molecule has 1 rings (SSSR count). The summed E-state index contributed by atoms with van der Waals surface area (Å²) in [5.41, 5.74) is 0.533. The highest BCUT2D eigenvalue weighted by atomic mass is 16.6. The van der Waals surface area contributed by atoms with Crippen LogP contribution in [0.4, 0.5) is 5.69 Å². The summed E-state index contributed by atoms with van der Waals surface area (Å²) in [6.45, 7) is 4.86. The van der Waals surface area contributed by atoms with Gasteiger partial charge in [-0.25, -0.2) is 4.79 Å². The molecule has 1 aromatic rings. The van der Waals surface area contributed by atoms with E-state index in [2.05, 4.69) is 5.32 Å². The van der Waals surface area contributed by atoms with Gasteiger partial charge in [0.25, 0.3) is 5.69 Å². The van der Waals surface area contributed by atoms with Crippen LogP contribution in [0, 0.1) is 10.1 Å². The van der Waals surface area contributed by atoms with E-state index >= 15 is 0 Å². The number of aliphatic carboxylic acids is 1. The van der Waals surface area contributed by atoms with Crippen LogP contribution in [0.5, 0.6) is 5.75 Å². The van der Waals surface area contributed by atoms with Crippen molar-refractivity contribution in [3.8, 4) is 5.75 Å². The number of non-ortho nitro benzene ring substituents is 1. The van der Waals surface area contributed by atoms with Crippen LogP contribution in [0.15, 0.2) is 18.2 Å². The van der Waals surface area contributed by atoms with Crippen molar-refractivity contribution in [1.29, 1.82) is 0 Å². The van der Waals surface area contributed by atoms with Crippen LogP contribution in [0.2, 0.25) is 0 Å². The number of carboxylic acid groups (broad SMARTS) is 1. The number of nitro benzene ring substituents is 1. The zero-order valence-electron chi connectivity index (χ0n) is 12.2. The van der Waals surface area contributed by atoms with E-state index in [1.807, 2.05) is 13.8 Å². The van der Waals surface area contributed by atoms with Gasteiger partial charge in [-0.3, -0.25) is 10.1 Å². The van der Waals surface area contributed by atoms with Gasteiger partial charge in [0, 0.05) is 24.2 Å². The van der Waals surface area contributed by atoms with Gasteiger partial charge in [-0.2, -0.15) is 0 Å². The first kappa shape index (κ1) is 16.9.